The molecule has 2 aromatic heterocycles. The van der Waals surface area contributed by atoms with Crippen molar-refractivity contribution in [3.63, 3.8) is 0 Å². The highest BCUT2D eigenvalue weighted by Gasteiger charge is 2.31. The van der Waals surface area contributed by atoms with Gasteiger partial charge < -0.3 is 10.3 Å². The van der Waals surface area contributed by atoms with Gasteiger partial charge in [0.1, 0.15) is 5.82 Å². The van der Waals surface area contributed by atoms with Crippen molar-refractivity contribution >= 4 is 11.2 Å². The number of hydrogen-bond acceptors (Lipinski definition) is 4. The summed E-state index contributed by atoms with van der Waals surface area (Å²) in [5, 5.41) is 0. The molecule has 0 aromatic carbocycles. The lowest BCUT2D eigenvalue weighted by atomic mass is 10.3. The molecule has 1 saturated carbocycles. The van der Waals surface area contributed by atoms with Gasteiger partial charge in [0.2, 0.25) is 0 Å². The van der Waals surface area contributed by atoms with Crippen LogP contribution < -0.4 is 17.0 Å². The summed E-state index contributed by atoms with van der Waals surface area (Å²) in [4.78, 5) is 30.2. The summed E-state index contributed by atoms with van der Waals surface area (Å²) in [7, 11) is 0. The zero-order chi connectivity index (χ0) is 16.0. The SMILES string of the molecule is CCn1c(C2CC2)nc2c1c(=O)n(C(C)CN)c(=O)n2CC. The molecule has 0 amide bonds. The molecule has 7 heteroatoms. The first-order valence-electron chi connectivity index (χ1n) is 8.00. The van der Waals surface area contributed by atoms with Crippen LogP contribution in [0, 0.1) is 0 Å². The quantitative estimate of drug-likeness (QED) is 0.885. The average Bonchev–Trinajstić information content (AvgIpc) is 3.28. The molecule has 0 radical (unpaired) electrons. The van der Waals surface area contributed by atoms with Gasteiger partial charge in [-0.3, -0.25) is 13.9 Å². The van der Waals surface area contributed by atoms with E-state index in [0.717, 1.165) is 18.7 Å². The molecule has 2 N–H and O–H groups in total. The van der Waals surface area contributed by atoms with E-state index in [4.69, 9.17) is 5.73 Å². The maximum Gasteiger partial charge on any atom is 0.333 e. The number of rotatable bonds is 5. The van der Waals surface area contributed by atoms with Gasteiger partial charge in [-0.25, -0.2) is 9.78 Å². The van der Waals surface area contributed by atoms with Crippen molar-refractivity contribution in [1.82, 2.24) is 18.7 Å². The van der Waals surface area contributed by atoms with Crippen LogP contribution in [0.1, 0.15) is 51.4 Å². The Morgan fingerprint density at radius 3 is 2.36 bits per heavy atom. The fourth-order valence-electron chi connectivity index (χ4n) is 3.03. The summed E-state index contributed by atoms with van der Waals surface area (Å²) < 4.78 is 4.83. The first-order valence-corrected chi connectivity index (χ1v) is 8.00. The van der Waals surface area contributed by atoms with E-state index in [1.807, 2.05) is 18.4 Å². The number of fused-ring (bicyclic) bond motifs is 1. The fourth-order valence-corrected chi connectivity index (χ4v) is 3.03. The van der Waals surface area contributed by atoms with Gasteiger partial charge >= 0.3 is 5.69 Å². The van der Waals surface area contributed by atoms with Crippen molar-refractivity contribution < 1.29 is 0 Å². The van der Waals surface area contributed by atoms with Crippen LogP contribution in [0.25, 0.3) is 11.2 Å². The van der Waals surface area contributed by atoms with Gasteiger partial charge in [0.25, 0.3) is 5.56 Å². The fraction of sp³-hybridized carbons (Fsp3) is 0.667. The van der Waals surface area contributed by atoms with E-state index in [-0.39, 0.29) is 23.8 Å². The van der Waals surface area contributed by atoms with Gasteiger partial charge in [0.15, 0.2) is 11.2 Å². The Hall–Kier alpha value is -1.89. The van der Waals surface area contributed by atoms with E-state index in [2.05, 4.69) is 4.98 Å². The second-order valence-electron chi connectivity index (χ2n) is 5.95. The Bertz CT molecular complexity index is 825. The minimum absolute atomic E-state index is 0.250. The molecular formula is C15H23N5O2. The maximum absolute atomic E-state index is 12.9. The number of nitrogens with zero attached hydrogens (tertiary/aromatic N) is 4. The molecule has 0 saturated heterocycles. The molecule has 1 atom stereocenters. The molecule has 0 aliphatic heterocycles. The van der Waals surface area contributed by atoms with Gasteiger partial charge in [0, 0.05) is 25.6 Å². The third-order valence-electron chi connectivity index (χ3n) is 4.45. The van der Waals surface area contributed by atoms with Crippen molar-refractivity contribution in [1.29, 1.82) is 0 Å². The van der Waals surface area contributed by atoms with E-state index >= 15 is 0 Å². The van der Waals surface area contributed by atoms with Crippen LogP contribution in [0.3, 0.4) is 0 Å². The predicted molar refractivity (Wildman–Crippen MR) is 85.3 cm³/mol. The van der Waals surface area contributed by atoms with Gasteiger partial charge in [-0.15, -0.1) is 0 Å². The molecule has 1 unspecified atom stereocenters. The van der Waals surface area contributed by atoms with Gasteiger partial charge in [0.05, 0.1) is 6.04 Å². The molecule has 7 nitrogen and oxygen atoms in total. The number of imidazole rings is 1. The zero-order valence-electron chi connectivity index (χ0n) is 13.4. The second kappa shape index (κ2) is 5.39. The number of aryl methyl sites for hydroxylation is 2. The lowest BCUT2D eigenvalue weighted by molar-refractivity contribution is 0.491. The lowest BCUT2D eigenvalue weighted by Gasteiger charge is -2.15. The molecule has 3 rings (SSSR count). The number of aromatic nitrogens is 4. The van der Waals surface area contributed by atoms with Crippen LogP contribution >= 0.6 is 0 Å². The van der Waals surface area contributed by atoms with Crippen LogP contribution in [0.5, 0.6) is 0 Å². The van der Waals surface area contributed by atoms with E-state index in [0.29, 0.717) is 30.2 Å². The first-order chi connectivity index (χ1) is 10.5. The Kier molecular flexibility index (Phi) is 3.68. The molecule has 1 aliphatic carbocycles. The van der Waals surface area contributed by atoms with E-state index < -0.39 is 0 Å². The summed E-state index contributed by atoms with van der Waals surface area (Å²) in [6, 6.07) is -0.327. The summed E-state index contributed by atoms with van der Waals surface area (Å²) in [6.07, 6.45) is 2.21. The molecule has 0 bridgehead atoms. The first kappa shape index (κ1) is 15.0. The van der Waals surface area contributed by atoms with Crippen LogP contribution in [0.4, 0.5) is 0 Å². The van der Waals surface area contributed by atoms with E-state index in [1.165, 1.54) is 4.57 Å². The van der Waals surface area contributed by atoms with Crippen LogP contribution in [-0.4, -0.2) is 25.2 Å². The normalized spacial score (nSPS) is 16.4. The van der Waals surface area contributed by atoms with Gasteiger partial charge in [-0.1, -0.05) is 0 Å². The van der Waals surface area contributed by atoms with Crippen LogP contribution in [0.2, 0.25) is 0 Å². The molecule has 120 valence electrons. The minimum Gasteiger partial charge on any atom is -0.328 e. The highest BCUT2D eigenvalue weighted by molar-refractivity contribution is 5.71. The van der Waals surface area contributed by atoms with Crippen molar-refractivity contribution in [2.75, 3.05) is 6.54 Å². The van der Waals surface area contributed by atoms with Gasteiger partial charge in [-0.05, 0) is 33.6 Å². The Balaban J connectivity index is 2.45. The molecule has 22 heavy (non-hydrogen) atoms. The van der Waals surface area contributed by atoms with Crippen molar-refractivity contribution in [3.8, 4) is 0 Å². The maximum atomic E-state index is 12.9. The Morgan fingerprint density at radius 1 is 1.23 bits per heavy atom. The van der Waals surface area contributed by atoms with Gasteiger partial charge in [-0.2, -0.15) is 0 Å². The Morgan fingerprint density at radius 2 is 1.86 bits per heavy atom. The molecular weight excluding hydrogens is 282 g/mol. The third kappa shape index (κ3) is 2.03. The monoisotopic (exact) mass is 305 g/mol. The predicted octanol–water partition coefficient (Wildman–Crippen LogP) is 0.797. The van der Waals surface area contributed by atoms with Crippen LogP contribution in [0.15, 0.2) is 9.59 Å². The average molecular weight is 305 g/mol. The molecule has 1 fully saturated rings. The highest BCUT2D eigenvalue weighted by Crippen LogP contribution is 2.40. The lowest BCUT2D eigenvalue weighted by Crippen LogP contribution is -2.43. The topological polar surface area (TPSA) is 87.8 Å². The second-order valence-corrected chi connectivity index (χ2v) is 5.95. The van der Waals surface area contributed by atoms with E-state index in [1.54, 1.807) is 11.5 Å². The molecule has 2 heterocycles. The largest absolute Gasteiger partial charge is 0.333 e. The molecule has 0 spiro atoms. The van der Waals surface area contributed by atoms with Crippen molar-refractivity contribution in [2.45, 2.75) is 58.7 Å². The number of nitrogens with two attached hydrogens (primary N) is 1. The van der Waals surface area contributed by atoms with E-state index in [9.17, 15) is 9.59 Å². The summed E-state index contributed by atoms with van der Waals surface area (Å²) in [5.74, 6) is 1.36. The third-order valence-corrected chi connectivity index (χ3v) is 4.45. The zero-order valence-corrected chi connectivity index (χ0v) is 13.4. The smallest absolute Gasteiger partial charge is 0.328 e. The number of hydrogen-bond donors (Lipinski definition) is 1. The van der Waals surface area contributed by atoms with Crippen molar-refractivity contribution in [3.05, 3.63) is 26.7 Å². The molecule has 1 aliphatic rings. The summed E-state index contributed by atoms with van der Waals surface area (Å²) in [5.41, 5.74) is 6.14. The summed E-state index contributed by atoms with van der Waals surface area (Å²) in [6.45, 7) is 7.10. The summed E-state index contributed by atoms with van der Waals surface area (Å²) >= 11 is 0. The van der Waals surface area contributed by atoms with Crippen molar-refractivity contribution in [2.24, 2.45) is 5.73 Å². The molecule has 2 aromatic rings. The standard InChI is InChI=1S/C15H23N5O2/c1-4-18-11-13(17-12(18)10-6-7-10)19(5-2)15(22)20(14(11)21)9(3)8-16/h9-10H,4-8,16H2,1-3H3. The Labute approximate surface area is 128 Å². The van der Waals surface area contributed by atoms with Crippen LogP contribution in [-0.2, 0) is 13.1 Å². The highest BCUT2D eigenvalue weighted by atomic mass is 16.2. The minimum atomic E-state index is -0.327.